The quantitative estimate of drug-likeness (QED) is 0.127. The van der Waals surface area contributed by atoms with Crippen LogP contribution in [0.5, 0.6) is 0 Å². The highest BCUT2D eigenvalue weighted by Gasteiger charge is 2.34. The number of halogens is 1. The third kappa shape index (κ3) is 4.98. The molecule has 1 N–H and O–H groups in total. The zero-order valence-electron chi connectivity index (χ0n) is 16.7. The standard InChI is InChI=1S/C22H14ClN3O5S2/c23-14-4-6-15(7-5-14)25-21(28)17(20(27)24-22(25)32)10-13-3-8-19(18(11-13)26(29)30)33-12-16-2-1-9-31-16/h1-11H,12H2,(H,24,27,32). The second kappa shape index (κ2) is 9.57. The van der Waals surface area contributed by atoms with Crippen LogP contribution in [0.3, 0.4) is 0 Å². The minimum absolute atomic E-state index is 0.0693. The van der Waals surface area contributed by atoms with Gasteiger partial charge in [-0.25, -0.2) is 0 Å². The Morgan fingerprint density at radius 2 is 1.94 bits per heavy atom. The highest BCUT2D eigenvalue weighted by atomic mass is 35.5. The second-order valence-corrected chi connectivity index (χ2v) is 8.63. The molecule has 1 fully saturated rings. The van der Waals surface area contributed by atoms with Gasteiger partial charge in [-0.05, 0) is 66.3 Å². The van der Waals surface area contributed by atoms with Crippen LogP contribution in [0.1, 0.15) is 11.3 Å². The normalized spacial score (nSPS) is 15.1. The molecule has 0 unspecified atom stereocenters. The van der Waals surface area contributed by atoms with Crippen LogP contribution in [0, 0.1) is 10.1 Å². The molecule has 33 heavy (non-hydrogen) atoms. The van der Waals surface area contributed by atoms with Crippen molar-refractivity contribution in [2.45, 2.75) is 10.6 Å². The van der Waals surface area contributed by atoms with E-state index in [4.69, 9.17) is 28.2 Å². The molecule has 2 aromatic carbocycles. The highest BCUT2D eigenvalue weighted by molar-refractivity contribution is 7.98. The summed E-state index contributed by atoms with van der Waals surface area (Å²) in [5.41, 5.74) is 0.404. The summed E-state index contributed by atoms with van der Waals surface area (Å²) >= 11 is 12.3. The summed E-state index contributed by atoms with van der Waals surface area (Å²) in [6.07, 6.45) is 2.83. The van der Waals surface area contributed by atoms with Gasteiger partial charge in [-0.2, -0.15) is 0 Å². The van der Waals surface area contributed by atoms with Crippen LogP contribution in [-0.2, 0) is 15.3 Å². The van der Waals surface area contributed by atoms with Crippen molar-refractivity contribution in [2.24, 2.45) is 0 Å². The summed E-state index contributed by atoms with van der Waals surface area (Å²) in [7, 11) is 0. The SMILES string of the molecule is O=C1NC(=S)N(c2ccc(Cl)cc2)C(=O)C1=Cc1ccc(SCc2ccco2)c([N+](=O)[O-])c1. The molecule has 1 aliphatic heterocycles. The van der Waals surface area contributed by atoms with Crippen LogP contribution in [0.4, 0.5) is 11.4 Å². The fourth-order valence-electron chi connectivity index (χ4n) is 3.08. The molecule has 8 nitrogen and oxygen atoms in total. The van der Waals surface area contributed by atoms with Crippen LogP contribution in [0.15, 0.2) is 75.7 Å². The van der Waals surface area contributed by atoms with Crippen molar-refractivity contribution in [2.75, 3.05) is 4.90 Å². The first-order valence-corrected chi connectivity index (χ1v) is 11.2. The Morgan fingerprint density at radius 1 is 1.18 bits per heavy atom. The molecule has 11 heteroatoms. The third-order valence-corrected chi connectivity index (χ3v) is 6.25. The van der Waals surface area contributed by atoms with E-state index in [1.165, 1.54) is 35.1 Å². The number of carbonyl (C=O) groups excluding carboxylic acids is 2. The Bertz CT molecular complexity index is 1290. The van der Waals surface area contributed by atoms with Gasteiger partial charge in [0.2, 0.25) is 0 Å². The lowest BCUT2D eigenvalue weighted by Gasteiger charge is -2.28. The topological polar surface area (TPSA) is 106 Å². The summed E-state index contributed by atoms with van der Waals surface area (Å²) in [5.74, 6) is -0.231. The molecule has 0 saturated carbocycles. The Morgan fingerprint density at radius 3 is 2.61 bits per heavy atom. The lowest BCUT2D eigenvalue weighted by atomic mass is 10.1. The summed E-state index contributed by atoms with van der Waals surface area (Å²) in [6.45, 7) is 0. The van der Waals surface area contributed by atoms with Crippen LogP contribution in [0.2, 0.25) is 5.02 Å². The predicted molar refractivity (Wildman–Crippen MR) is 129 cm³/mol. The summed E-state index contributed by atoms with van der Waals surface area (Å²) in [6, 6.07) is 14.4. The van der Waals surface area contributed by atoms with Gasteiger partial charge >= 0.3 is 0 Å². The molecule has 166 valence electrons. The zero-order chi connectivity index (χ0) is 23.5. The van der Waals surface area contributed by atoms with Gasteiger partial charge in [0, 0.05) is 11.1 Å². The predicted octanol–water partition coefficient (Wildman–Crippen LogP) is 4.96. The molecule has 0 spiro atoms. The smallest absolute Gasteiger partial charge is 0.283 e. The Labute approximate surface area is 202 Å². The molecule has 1 aromatic heterocycles. The van der Waals surface area contributed by atoms with Crippen molar-refractivity contribution in [3.05, 3.63) is 92.9 Å². The van der Waals surface area contributed by atoms with E-state index in [1.807, 2.05) is 0 Å². The molecular formula is C22H14ClN3O5S2. The van der Waals surface area contributed by atoms with Gasteiger partial charge in [0.25, 0.3) is 17.5 Å². The number of carbonyl (C=O) groups is 2. The van der Waals surface area contributed by atoms with Crippen molar-refractivity contribution in [1.29, 1.82) is 0 Å². The van der Waals surface area contributed by atoms with Gasteiger partial charge in [0.1, 0.15) is 11.3 Å². The average molecular weight is 500 g/mol. The molecule has 4 rings (SSSR count). The lowest BCUT2D eigenvalue weighted by Crippen LogP contribution is -2.54. The highest BCUT2D eigenvalue weighted by Crippen LogP contribution is 2.33. The van der Waals surface area contributed by atoms with Gasteiger partial charge in [-0.1, -0.05) is 17.7 Å². The van der Waals surface area contributed by atoms with E-state index in [0.29, 0.717) is 32.7 Å². The molecule has 0 bridgehead atoms. The van der Waals surface area contributed by atoms with Crippen LogP contribution in [-0.4, -0.2) is 21.9 Å². The van der Waals surface area contributed by atoms with E-state index >= 15 is 0 Å². The van der Waals surface area contributed by atoms with E-state index in [9.17, 15) is 19.7 Å². The summed E-state index contributed by atoms with van der Waals surface area (Å²) < 4.78 is 5.26. The Hall–Kier alpha value is -3.47. The van der Waals surface area contributed by atoms with Gasteiger partial charge in [-0.3, -0.25) is 29.9 Å². The van der Waals surface area contributed by atoms with Gasteiger partial charge < -0.3 is 4.42 Å². The number of nitro groups is 1. The van der Waals surface area contributed by atoms with E-state index in [2.05, 4.69) is 5.32 Å². The maximum Gasteiger partial charge on any atom is 0.283 e. The van der Waals surface area contributed by atoms with Crippen molar-refractivity contribution in [3.63, 3.8) is 0 Å². The average Bonchev–Trinajstić information content (AvgIpc) is 3.30. The van der Waals surface area contributed by atoms with E-state index < -0.39 is 16.7 Å². The molecule has 2 heterocycles. The van der Waals surface area contributed by atoms with Gasteiger partial charge in [0.15, 0.2) is 5.11 Å². The fourth-order valence-corrected chi connectivity index (χ4v) is 4.40. The number of benzene rings is 2. The minimum atomic E-state index is -0.686. The number of hydrogen-bond acceptors (Lipinski definition) is 7. The van der Waals surface area contributed by atoms with E-state index in [-0.39, 0.29) is 16.4 Å². The van der Waals surface area contributed by atoms with Crippen LogP contribution in [0.25, 0.3) is 6.08 Å². The number of anilines is 1. The second-order valence-electron chi connectivity index (χ2n) is 6.79. The third-order valence-electron chi connectivity index (χ3n) is 4.63. The number of furan rings is 1. The molecule has 1 aliphatic rings. The first-order chi connectivity index (χ1) is 15.8. The van der Waals surface area contributed by atoms with Crippen molar-refractivity contribution in [3.8, 4) is 0 Å². The van der Waals surface area contributed by atoms with Crippen molar-refractivity contribution < 1.29 is 18.9 Å². The Kier molecular flexibility index (Phi) is 6.59. The van der Waals surface area contributed by atoms with E-state index in [0.717, 1.165) is 0 Å². The van der Waals surface area contributed by atoms with Gasteiger partial charge in [0.05, 0.1) is 27.5 Å². The number of hydrogen-bond donors (Lipinski definition) is 1. The fraction of sp³-hybridized carbons (Fsp3) is 0.0455. The molecular weight excluding hydrogens is 486 g/mol. The van der Waals surface area contributed by atoms with Crippen LogP contribution < -0.4 is 10.2 Å². The molecule has 3 aromatic rings. The minimum Gasteiger partial charge on any atom is -0.468 e. The maximum atomic E-state index is 13.1. The Balaban J connectivity index is 1.64. The first kappa shape index (κ1) is 22.7. The largest absolute Gasteiger partial charge is 0.468 e. The number of thiocarbonyl (C=S) groups is 1. The maximum absolute atomic E-state index is 13.1. The first-order valence-electron chi connectivity index (χ1n) is 9.44. The van der Waals surface area contributed by atoms with Gasteiger partial charge in [-0.15, -0.1) is 11.8 Å². The van der Waals surface area contributed by atoms with E-state index in [1.54, 1.807) is 48.5 Å². The number of rotatable bonds is 6. The zero-order valence-corrected chi connectivity index (χ0v) is 19.1. The number of nitrogens with zero attached hydrogens (tertiary/aromatic N) is 2. The number of amides is 2. The molecule has 0 radical (unpaired) electrons. The number of nitro benzene ring substituents is 1. The molecule has 1 saturated heterocycles. The monoisotopic (exact) mass is 499 g/mol. The molecule has 2 amide bonds. The van der Waals surface area contributed by atoms with Crippen LogP contribution >= 0.6 is 35.6 Å². The summed E-state index contributed by atoms with van der Waals surface area (Å²) in [5, 5.41) is 14.5. The lowest BCUT2D eigenvalue weighted by molar-refractivity contribution is -0.387. The van der Waals surface area contributed by atoms with Crippen molar-refractivity contribution >= 4 is 70.0 Å². The number of thioether (sulfide) groups is 1. The molecule has 0 aliphatic carbocycles. The summed E-state index contributed by atoms with van der Waals surface area (Å²) in [4.78, 5) is 38.3. The number of nitrogens with one attached hydrogen (secondary N) is 1. The van der Waals surface area contributed by atoms with Crippen molar-refractivity contribution in [1.82, 2.24) is 5.32 Å². The molecule has 0 atom stereocenters.